The second-order valence-electron chi connectivity index (χ2n) is 6.12. The molecule has 1 heterocycles. The number of anilines is 1. The van der Waals surface area contributed by atoms with E-state index in [2.05, 4.69) is 5.32 Å². The van der Waals surface area contributed by atoms with Gasteiger partial charge in [0, 0.05) is 5.56 Å². The molecule has 1 N–H and O–H groups in total. The fraction of sp³-hybridized carbons (Fsp3) is 0.0952. The molecule has 0 aliphatic carbocycles. The molecule has 148 valence electrons. The molecular weight excluding hydrogens is 401 g/mol. The van der Waals surface area contributed by atoms with Gasteiger partial charge in [0.2, 0.25) is 0 Å². The van der Waals surface area contributed by atoms with Crippen molar-refractivity contribution in [2.24, 2.45) is 0 Å². The zero-order valence-corrected chi connectivity index (χ0v) is 16.0. The minimum atomic E-state index is -0.834. The Morgan fingerprint density at radius 1 is 1.17 bits per heavy atom. The average Bonchev–Trinajstić information content (AvgIpc) is 3.18. The van der Waals surface area contributed by atoms with E-state index in [1.807, 2.05) is 0 Å². The van der Waals surface area contributed by atoms with Gasteiger partial charge in [-0.2, -0.15) is 0 Å². The van der Waals surface area contributed by atoms with E-state index in [-0.39, 0.29) is 22.0 Å². The van der Waals surface area contributed by atoms with Crippen LogP contribution in [0.15, 0.2) is 52.9 Å². The Morgan fingerprint density at radius 2 is 1.97 bits per heavy atom. The lowest BCUT2D eigenvalue weighted by molar-refractivity contribution is -0.119. The van der Waals surface area contributed by atoms with Gasteiger partial charge in [0.15, 0.2) is 18.7 Å². The summed E-state index contributed by atoms with van der Waals surface area (Å²) in [5.41, 5.74) is 1.27. The lowest BCUT2D eigenvalue weighted by Gasteiger charge is -2.09. The summed E-state index contributed by atoms with van der Waals surface area (Å²) in [5.74, 6) is -1.63. The number of benzene rings is 2. The van der Waals surface area contributed by atoms with Crippen LogP contribution in [0, 0.1) is 12.7 Å². The van der Waals surface area contributed by atoms with Crippen LogP contribution in [-0.2, 0) is 9.53 Å². The maximum Gasteiger partial charge on any atom is 0.340 e. The third-order valence-corrected chi connectivity index (χ3v) is 4.27. The maximum absolute atomic E-state index is 13.7. The topological polar surface area (TPSA) is 85.6 Å². The van der Waals surface area contributed by atoms with E-state index < -0.39 is 24.3 Å². The Hall–Kier alpha value is -3.45. The second kappa shape index (κ2) is 8.70. The highest BCUT2D eigenvalue weighted by Crippen LogP contribution is 2.27. The van der Waals surface area contributed by atoms with Crippen LogP contribution in [0.3, 0.4) is 0 Å². The highest BCUT2D eigenvalue weighted by molar-refractivity contribution is 6.33. The number of hydrogen-bond acceptors (Lipinski definition) is 5. The van der Waals surface area contributed by atoms with Crippen molar-refractivity contribution in [1.29, 1.82) is 0 Å². The Kier molecular flexibility index (Phi) is 6.09. The molecule has 0 atom stereocenters. The van der Waals surface area contributed by atoms with E-state index in [4.69, 9.17) is 20.8 Å². The van der Waals surface area contributed by atoms with Gasteiger partial charge in [-0.05, 0) is 55.0 Å². The molecule has 0 aliphatic heterocycles. The highest BCUT2D eigenvalue weighted by atomic mass is 35.5. The number of nitrogens with one attached hydrogen (secondary N) is 1. The number of carbonyl (C=O) groups is 3. The molecule has 0 aliphatic rings. The first-order valence-electron chi connectivity index (χ1n) is 8.45. The molecule has 0 fully saturated rings. The van der Waals surface area contributed by atoms with Crippen LogP contribution >= 0.6 is 11.6 Å². The standard InChI is InChI=1S/C21H15ClFNO5/c1-12-2-6-17(23)18(8-12)24-20(26)11-28-21(27)15-9-13(3-5-16(15)22)19-7-4-14(10-25)29-19/h2-10H,11H2,1H3,(H,24,26). The summed E-state index contributed by atoms with van der Waals surface area (Å²) in [7, 11) is 0. The molecule has 3 rings (SSSR count). The zero-order chi connectivity index (χ0) is 21.0. The molecule has 2 aromatic carbocycles. The summed E-state index contributed by atoms with van der Waals surface area (Å²) in [5, 5.41) is 2.46. The van der Waals surface area contributed by atoms with Crippen LogP contribution in [-0.4, -0.2) is 24.8 Å². The SMILES string of the molecule is Cc1ccc(F)c(NC(=O)COC(=O)c2cc(-c3ccc(C=O)o3)ccc2Cl)c1. The van der Waals surface area contributed by atoms with Gasteiger partial charge in [-0.1, -0.05) is 17.7 Å². The van der Waals surface area contributed by atoms with E-state index in [9.17, 15) is 18.8 Å². The van der Waals surface area contributed by atoms with Crippen LogP contribution in [0.5, 0.6) is 0 Å². The lowest BCUT2D eigenvalue weighted by Crippen LogP contribution is -2.21. The van der Waals surface area contributed by atoms with Crippen LogP contribution in [0.1, 0.15) is 26.5 Å². The molecule has 0 saturated carbocycles. The molecule has 8 heteroatoms. The van der Waals surface area contributed by atoms with Crippen molar-refractivity contribution >= 4 is 35.5 Å². The number of aryl methyl sites for hydroxylation is 1. The Morgan fingerprint density at radius 3 is 2.69 bits per heavy atom. The molecule has 1 amide bonds. The van der Waals surface area contributed by atoms with Crippen LogP contribution in [0.2, 0.25) is 5.02 Å². The number of carbonyl (C=O) groups excluding carboxylic acids is 3. The molecule has 29 heavy (non-hydrogen) atoms. The zero-order valence-electron chi connectivity index (χ0n) is 15.2. The van der Waals surface area contributed by atoms with E-state index in [1.165, 1.54) is 30.3 Å². The van der Waals surface area contributed by atoms with Crippen molar-refractivity contribution in [1.82, 2.24) is 0 Å². The Balaban J connectivity index is 1.68. The first-order valence-corrected chi connectivity index (χ1v) is 8.83. The monoisotopic (exact) mass is 415 g/mol. The van der Waals surface area contributed by atoms with Gasteiger partial charge in [-0.25, -0.2) is 9.18 Å². The normalized spacial score (nSPS) is 10.4. The molecule has 0 radical (unpaired) electrons. The van der Waals surface area contributed by atoms with Gasteiger partial charge in [0.25, 0.3) is 5.91 Å². The number of esters is 1. The predicted octanol–water partition coefficient (Wildman–Crippen LogP) is 4.66. The third-order valence-electron chi connectivity index (χ3n) is 3.94. The lowest BCUT2D eigenvalue weighted by atomic mass is 10.1. The van der Waals surface area contributed by atoms with Crippen molar-refractivity contribution in [3.8, 4) is 11.3 Å². The van der Waals surface area contributed by atoms with Crippen LogP contribution < -0.4 is 5.32 Å². The summed E-state index contributed by atoms with van der Waals surface area (Å²) in [6.07, 6.45) is 0.560. The van der Waals surface area contributed by atoms with Gasteiger partial charge >= 0.3 is 5.97 Å². The fourth-order valence-electron chi connectivity index (χ4n) is 2.54. The number of amides is 1. The molecule has 6 nitrogen and oxygen atoms in total. The quantitative estimate of drug-likeness (QED) is 0.467. The number of aldehydes is 1. The number of ether oxygens (including phenoxy) is 1. The van der Waals surface area contributed by atoms with E-state index in [1.54, 1.807) is 25.1 Å². The summed E-state index contributed by atoms with van der Waals surface area (Å²) >= 11 is 6.06. The molecule has 0 spiro atoms. The molecule has 3 aromatic rings. The van der Waals surface area contributed by atoms with E-state index in [0.717, 1.165) is 5.56 Å². The van der Waals surface area contributed by atoms with Crippen molar-refractivity contribution in [3.05, 3.63) is 76.3 Å². The number of hydrogen-bond donors (Lipinski definition) is 1. The number of halogens is 2. The summed E-state index contributed by atoms with van der Waals surface area (Å²) in [6, 6.07) is 11.8. The van der Waals surface area contributed by atoms with Gasteiger partial charge in [0.05, 0.1) is 16.3 Å². The maximum atomic E-state index is 13.7. The summed E-state index contributed by atoms with van der Waals surface area (Å²) in [6.45, 7) is 1.13. The molecular formula is C21H15ClFNO5. The second-order valence-corrected chi connectivity index (χ2v) is 6.53. The van der Waals surface area contributed by atoms with Crippen molar-refractivity contribution in [2.75, 3.05) is 11.9 Å². The molecule has 1 aromatic heterocycles. The van der Waals surface area contributed by atoms with Crippen molar-refractivity contribution in [2.45, 2.75) is 6.92 Å². The third kappa shape index (κ3) is 4.89. The Labute approximate surface area is 170 Å². The minimum Gasteiger partial charge on any atom is -0.453 e. The Bertz CT molecular complexity index is 1090. The smallest absolute Gasteiger partial charge is 0.340 e. The fourth-order valence-corrected chi connectivity index (χ4v) is 2.73. The van der Waals surface area contributed by atoms with E-state index in [0.29, 0.717) is 17.6 Å². The largest absolute Gasteiger partial charge is 0.453 e. The van der Waals surface area contributed by atoms with Crippen molar-refractivity contribution in [3.63, 3.8) is 0 Å². The average molecular weight is 416 g/mol. The highest BCUT2D eigenvalue weighted by Gasteiger charge is 2.17. The summed E-state index contributed by atoms with van der Waals surface area (Å²) < 4.78 is 24.0. The van der Waals surface area contributed by atoms with Crippen molar-refractivity contribution < 1.29 is 27.9 Å². The number of furan rings is 1. The molecule has 0 bridgehead atoms. The number of rotatable bonds is 6. The first kappa shape index (κ1) is 20.3. The van der Waals surface area contributed by atoms with Gasteiger partial charge in [0.1, 0.15) is 11.6 Å². The molecule has 0 unspecified atom stereocenters. The van der Waals surface area contributed by atoms with Crippen LogP contribution in [0.4, 0.5) is 10.1 Å². The van der Waals surface area contributed by atoms with Crippen LogP contribution in [0.25, 0.3) is 11.3 Å². The first-order chi connectivity index (χ1) is 13.9. The van der Waals surface area contributed by atoms with E-state index >= 15 is 0 Å². The van der Waals surface area contributed by atoms with Gasteiger partial charge in [-0.3, -0.25) is 9.59 Å². The van der Waals surface area contributed by atoms with Gasteiger partial charge < -0.3 is 14.5 Å². The van der Waals surface area contributed by atoms with Gasteiger partial charge in [-0.15, -0.1) is 0 Å². The summed E-state index contributed by atoms with van der Waals surface area (Å²) in [4.78, 5) is 35.1. The predicted molar refractivity (Wildman–Crippen MR) is 105 cm³/mol. The minimum absolute atomic E-state index is 0.00474. The molecule has 0 saturated heterocycles.